The molecule has 0 aliphatic rings. The smallest absolute Gasteiger partial charge is 0.141 e. The van der Waals surface area contributed by atoms with Gasteiger partial charge in [-0.3, -0.25) is 0 Å². The largest absolute Gasteiger partial charge is 0.376 e. The van der Waals surface area contributed by atoms with E-state index in [9.17, 15) is 5.11 Å². The summed E-state index contributed by atoms with van der Waals surface area (Å²) < 4.78 is 0.802. The second-order valence-corrected chi connectivity index (χ2v) is 7.55. The lowest BCUT2D eigenvalue weighted by Gasteiger charge is -2.33. The zero-order valence-corrected chi connectivity index (χ0v) is 15.2. The Morgan fingerprint density at radius 2 is 1.12 bits per heavy atom. The number of aliphatic hydroxyl groups is 1. The Kier molecular flexibility index (Phi) is 4.76. The van der Waals surface area contributed by atoms with Gasteiger partial charge in [-0.2, -0.15) is 0 Å². The maximum atomic E-state index is 12.0. The first-order chi connectivity index (χ1) is 11.9. The molecule has 0 radical (unpaired) electrons. The molecule has 128 valence electrons. The summed E-state index contributed by atoms with van der Waals surface area (Å²) in [6.45, 7) is 0.845. The Labute approximate surface area is 150 Å². The molecule has 0 fully saturated rings. The molecular weight excluding hydrogens is 306 g/mol. The van der Waals surface area contributed by atoms with Crippen LogP contribution in [0.2, 0.25) is 0 Å². The van der Waals surface area contributed by atoms with Crippen LogP contribution >= 0.6 is 0 Å². The Hall–Kier alpha value is -2.42. The minimum absolute atomic E-state index is 0.802. The van der Waals surface area contributed by atoms with Gasteiger partial charge in [-0.1, -0.05) is 84.9 Å². The van der Waals surface area contributed by atoms with E-state index in [2.05, 4.69) is 27.2 Å². The summed E-state index contributed by atoms with van der Waals surface area (Å²) in [7, 11) is 6.50. The summed E-state index contributed by atoms with van der Waals surface area (Å²) >= 11 is 0. The molecule has 0 aliphatic heterocycles. The van der Waals surface area contributed by atoms with Crippen molar-refractivity contribution in [1.82, 2.24) is 0 Å². The fourth-order valence-electron chi connectivity index (χ4n) is 3.36. The van der Waals surface area contributed by atoms with E-state index in [0.717, 1.165) is 33.3 Å². The van der Waals surface area contributed by atoms with Crippen LogP contribution in [-0.2, 0) is 12.1 Å². The maximum absolute atomic E-state index is 12.0. The molecule has 0 aliphatic carbocycles. The number of quaternary nitrogens is 1. The highest BCUT2D eigenvalue weighted by atomic mass is 16.3. The second-order valence-electron chi connectivity index (χ2n) is 7.55. The minimum atomic E-state index is -1.17. The molecule has 0 aromatic heterocycles. The van der Waals surface area contributed by atoms with E-state index in [4.69, 9.17) is 0 Å². The van der Waals surface area contributed by atoms with Gasteiger partial charge >= 0.3 is 0 Å². The van der Waals surface area contributed by atoms with Gasteiger partial charge in [-0.05, 0) is 11.1 Å². The summed E-state index contributed by atoms with van der Waals surface area (Å²) in [5.74, 6) is 0. The van der Waals surface area contributed by atoms with Crippen molar-refractivity contribution in [2.45, 2.75) is 12.1 Å². The molecule has 25 heavy (non-hydrogen) atoms. The molecule has 0 atom stereocenters. The normalized spacial score (nSPS) is 12.2. The molecule has 0 amide bonds. The van der Waals surface area contributed by atoms with Crippen molar-refractivity contribution < 1.29 is 9.59 Å². The van der Waals surface area contributed by atoms with Crippen LogP contribution in [0.3, 0.4) is 0 Å². The molecular formula is C23H26NO+. The average Bonchev–Trinajstić information content (AvgIpc) is 2.62. The predicted molar refractivity (Wildman–Crippen MR) is 103 cm³/mol. The first-order valence-electron chi connectivity index (χ1n) is 8.63. The lowest BCUT2D eigenvalue weighted by atomic mass is 9.78. The molecule has 0 saturated carbocycles. The lowest BCUT2D eigenvalue weighted by molar-refractivity contribution is -0.884. The Morgan fingerprint density at radius 3 is 1.60 bits per heavy atom. The molecule has 3 rings (SSSR count). The van der Waals surface area contributed by atoms with Gasteiger partial charge in [0, 0.05) is 11.1 Å². The Bertz CT molecular complexity index is 780. The topological polar surface area (TPSA) is 20.2 Å². The molecule has 0 bridgehead atoms. The van der Waals surface area contributed by atoms with E-state index in [1.165, 1.54) is 0 Å². The quantitative estimate of drug-likeness (QED) is 0.549. The van der Waals surface area contributed by atoms with Gasteiger partial charge in [0.2, 0.25) is 0 Å². The SMILES string of the molecule is C[N+](C)(C)Cc1ccccc1C(O)(c1ccccc1)c1ccccc1. The lowest BCUT2D eigenvalue weighted by Crippen LogP contribution is -2.36. The van der Waals surface area contributed by atoms with Crippen LogP contribution in [0.1, 0.15) is 22.3 Å². The molecule has 3 aromatic rings. The maximum Gasteiger partial charge on any atom is 0.141 e. The van der Waals surface area contributed by atoms with Gasteiger partial charge < -0.3 is 9.59 Å². The minimum Gasteiger partial charge on any atom is -0.376 e. The molecule has 1 N–H and O–H groups in total. The summed E-state index contributed by atoms with van der Waals surface area (Å²) in [5.41, 5.74) is 2.70. The van der Waals surface area contributed by atoms with Crippen LogP contribution in [0, 0.1) is 0 Å². The van der Waals surface area contributed by atoms with E-state index >= 15 is 0 Å². The number of rotatable bonds is 5. The highest BCUT2D eigenvalue weighted by Crippen LogP contribution is 2.38. The molecule has 0 unspecified atom stereocenters. The molecule has 0 spiro atoms. The highest BCUT2D eigenvalue weighted by Gasteiger charge is 2.36. The molecule has 3 aromatic carbocycles. The van der Waals surface area contributed by atoms with Gasteiger partial charge in [0.1, 0.15) is 12.1 Å². The number of nitrogens with zero attached hydrogens (tertiary/aromatic N) is 1. The standard InChI is InChI=1S/C23H26NO/c1-24(2,3)18-19-12-10-11-17-22(19)23(25,20-13-6-4-7-14-20)21-15-8-5-9-16-21/h4-17,25H,18H2,1-3H3/q+1. The summed E-state index contributed by atoms with van der Waals surface area (Å²) in [5, 5.41) is 12.0. The van der Waals surface area contributed by atoms with Crippen molar-refractivity contribution in [3.63, 3.8) is 0 Å². The average molecular weight is 332 g/mol. The first kappa shape index (κ1) is 17.4. The van der Waals surface area contributed by atoms with E-state index in [0.29, 0.717) is 0 Å². The first-order valence-corrected chi connectivity index (χ1v) is 8.63. The third kappa shape index (κ3) is 3.65. The van der Waals surface area contributed by atoms with Crippen LogP contribution in [0.25, 0.3) is 0 Å². The molecule has 0 heterocycles. The van der Waals surface area contributed by atoms with Crippen LogP contribution in [-0.4, -0.2) is 30.7 Å². The van der Waals surface area contributed by atoms with Crippen molar-refractivity contribution in [3.8, 4) is 0 Å². The molecule has 2 nitrogen and oxygen atoms in total. The summed E-state index contributed by atoms with van der Waals surface area (Å²) in [6, 6.07) is 28.1. The van der Waals surface area contributed by atoms with Crippen LogP contribution in [0.4, 0.5) is 0 Å². The second kappa shape index (κ2) is 6.83. The van der Waals surface area contributed by atoms with Crippen LogP contribution in [0.15, 0.2) is 84.9 Å². The third-order valence-corrected chi connectivity index (χ3v) is 4.43. The van der Waals surface area contributed by atoms with Gasteiger partial charge in [0.15, 0.2) is 0 Å². The zero-order chi connectivity index (χ0) is 17.9. The van der Waals surface area contributed by atoms with E-state index < -0.39 is 5.60 Å². The fraction of sp³-hybridized carbons (Fsp3) is 0.217. The van der Waals surface area contributed by atoms with Crippen LogP contribution in [0.5, 0.6) is 0 Å². The predicted octanol–water partition coefficient (Wildman–Crippen LogP) is 4.18. The zero-order valence-electron chi connectivity index (χ0n) is 15.2. The Morgan fingerprint density at radius 1 is 0.680 bits per heavy atom. The van der Waals surface area contributed by atoms with Crippen molar-refractivity contribution in [2.24, 2.45) is 0 Å². The van der Waals surface area contributed by atoms with E-state index in [1.54, 1.807) is 0 Å². The van der Waals surface area contributed by atoms with E-state index in [1.807, 2.05) is 78.9 Å². The highest BCUT2D eigenvalue weighted by molar-refractivity contribution is 5.49. The number of hydrogen-bond acceptors (Lipinski definition) is 1. The van der Waals surface area contributed by atoms with Crippen molar-refractivity contribution >= 4 is 0 Å². The van der Waals surface area contributed by atoms with Crippen molar-refractivity contribution in [1.29, 1.82) is 0 Å². The summed E-state index contributed by atoms with van der Waals surface area (Å²) in [4.78, 5) is 0. The monoisotopic (exact) mass is 332 g/mol. The number of benzene rings is 3. The van der Waals surface area contributed by atoms with Crippen molar-refractivity contribution in [2.75, 3.05) is 21.1 Å². The Balaban J connectivity index is 2.24. The van der Waals surface area contributed by atoms with Gasteiger partial charge in [-0.15, -0.1) is 0 Å². The van der Waals surface area contributed by atoms with Crippen molar-refractivity contribution in [3.05, 3.63) is 107 Å². The summed E-state index contributed by atoms with van der Waals surface area (Å²) in [6.07, 6.45) is 0. The van der Waals surface area contributed by atoms with Gasteiger partial charge in [-0.25, -0.2) is 0 Å². The fourth-order valence-corrected chi connectivity index (χ4v) is 3.36. The molecule has 0 saturated heterocycles. The molecule has 2 heteroatoms. The van der Waals surface area contributed by atoms with Gasteiger partial charge in [0.25, 0.3) is 0 Å². The number of hydrogen-bond donors (Lipinski definition) is 1. The van der Waals surface area contributed by atoms with Gasteiger partial charge in [0.05, 0.1) is 21.1 Å². The van der Waals surface area contributed by atoms with E-state index in [-0.39, 0.29) is 0 Å². The van der Waals surface area contributed by atoms with Crippen LogP contribution < -0.4 is 0 Å². The third-order valence-electron chi connectivity index (χ3n) is 4.43.